The number of ether oxygens (including phenoxy) is 2. The van der Waals surface area contributed by atoms with Crippen molar-refractivity contribution in [3.63, 3.8) is 0 Å². The van der Waals surface area contributed by atoms with Crippen LogP contribution in [0.1, 0.15) is 11.1 Å². The fourth-order valence-corrected chi connectivity index (χ4v) is 2.35. The maximum atomic E-state index is 6.01. The molecule has 0 bridgehead atoms. The third-order valence-electron chi connectivity index (χ3n) is 3.45. The third kappa shape index (κ3) is 3.97. The highest BCUT2D eigenvalue weighted by Gasteiger charge is 2.11. The average molecular weight is 345 g/mol. The molecule has 124 valence electrons. The summed E-state index contributed by atoms with van der Waals surface area (Å²) in [5, 5.41) is 8.22. The number of methoxy groups -OCH3 is 1. The minimum atomic E-state index is 0.428. The van der Waals surface area contributed by atoms with Gasteiger partial charge in [-0.3, -0.25) is 0 Å². The molecule has 0 aliphatic rings. The number of halogens is 1. The van der Waals surface area contributed by atoms with E-state index in [2.05, 4.69) is 15.6 Å². The Labute approximate surface area is 145 Å². The zero-order valence-electron chi connectivity index (χ0n) is 13.1. The summed E-state index contributed by atoms with van der Waals surface area (Å²) in [5.41, 5.74) is 5.18. The Hall–Kier alpha value is -2.73. The highest BCUT2D eigenvalue weighted by molar-refractivity contribution is 6.30. The van der Waals surface area contributed by atoms with Crippen LogP contribution in [0.2, 0.25) is 5.02 Å². The van der Waals surface area contributed by atoms with Crippen LogP contribution in [0.25, 0.3) is 0 Å². The van der Waals surface area contributed by atoms with Crippen LogP contribution in [-0.4, -0.2) is 22.0 Å². The van der Waals surface area contributed by atoms with Crippen LogP contribution >= 0.6 is 11.6 Å². The Bertz CT molecular complexity index is 776. The van der Waals surface area contributed by atoms with E-state index in [0.29, 0.717) is 29.7 Å². The van der Waals surface area contributed by atoms with Crippen molar-refractivity contribution in [2.24, 2.45) is 0 Å². The number of benzene rings is 2. The van der Waals surface area contributed by atoms with E-state index in [1.54, 1.807) is 24.4 Å². The lowest BCUT2D eigenvalue weighted by Crippen LogP contribution is -2.13. The number of aromatic nitrogens is 3. The van der Waals surface area contributed by atoms with Gasteiger partial charge in [-0.15, -0.1) is 10.2 Å². The smallest absolute Gasteiger partial charge is 0.166 e. The maximum absolute atomic E-state index is 6.01. The molecule has 0 saturated heterocycles. The first-order chi connectivity index (χ1) is 11.8. The third-order valence-corrected chi connectivity index (χ3v) is 3.70. The molecule has 3 aromatic rings. The molecular weight excluding hydrogens is 328 g/mol. The quantitative estimate of drug-likeness (QED) is 0.712. The molecule has 2 aromatic carbocycles. The molecule has 3 rings (SSSR count). The fraction of sp³-hybridized carbons (Fsp3) is 0.176. The van der Waals surface area contributed by atoms with E-state index in [4.69, 9.17) is 21.1 Å². The van der Waals surface area contributed by atoms with Crippen molar-refractivity contribution >= 4 is 11.6 Å². The van der Waals surface area contributed by atoms with E-state index in [1.807, 2.05) is 42.5 Å². The molecule has 1 N–H and O–H groups in total. The van der Waals surface area contributed by atoms with Crippen molar-refractivity contribution in [3.05, 3.63) is 71.3 Å². The number of nitrogens with zero attached hydrogens (tertiary/aromatic N) is 3. The lowest BCUT2D eigenvalue weighted by Gasteiger charge is -2.16. The average Bonchev–Trinajstić information content (AvgIpc) is 3.13. The van der Waals surface area contributed by atoms with Crippen LogP contribution in [0, 0.1) is 0 Å². The zero-order chi connectivity index (χ0) is 16.8. The number of hydrogen-bond donors (Lipinski definition) is 1. The largest absolute Gasteiger partial charge is 0.493 e. The number of rotatable bonds is 7. The number of para-hydroxylation sites is 1. The Morgan fingerprint density at radius 3 is 2.54 bits per heavy atom. The van der Waals surface area contributed by atoms with Crippen LogP contribution in [-0.2, 0) is 13.2 Å². The first-order valence-electron chi connectivity index (χ1n) is 7.38. The van der Waals surface area contributed by atoms with E-state index in [1.165, 1.54) is 0 Å². The van der Waals surface area contributed by atoms with Crippen LogP contribution in [0.15, 0.2) is 55.1 Å². The van der Waals surface area contributed by atoms with Gasteiger partial charge in [-0.2, -0.15) is 0 Å². The second kappa shape index (κ2) is 7.70. The summed E-state index contributed by atoms with van der Waals surface area (Å²) >= 11 is 5.91. The topological polar surface area (TPSA) is 61.2 Å². The van der Waals surface area contributed by atoms with Gasteiger partial charge in [-0.1, -0.05) is 35.9 Å². The highest BCUT2D eigenvalue weighted by Crippen LogP contribution is 2.32. The first-order valence-corrected chi connectivity index (χ1v) is 7.75. The van der Waals surface area contributed by atoms with Crippen molar-refractivity contribution in [1.82, 2.24) is 14.9 Å². The first kappa shape index (κ1) is 16.1. The van der Waals surface area contributed by atoms with Gasteiger partial charge in [0.25, 0.3) is 0 Å². The minimum absolute atomic E-state index is 0.428. The summed E-state index contributed by atoms with van der Waals surface area (Å²) in [7, 11) is 1.63. The zero-order valence-corrected chi connectivity index (χ0v) is 13.9. The molecule has 0 amide bonds. The molecule has 0 spiro atoms. The summed E-state index contributed by atoms with van der Waals surface area (Å²) in [6.45, 7) is 0.975. The van der Waals surface area contributed by atoms with Gasteiger partial charge in [0.1, 0.15) is 19.3 Å². The standard InChI is InChI=1S/C17H17ClN4O2/c1-23-16-4-2-3-14(9-21-22-11-19-20-12-22)17(16)24-10-13-5-7-15(18)8-6-13/h2-8,11-12,21H,9-10H2,1H3. The van der Waals surface area contributed by atoms with Crippen molar-refractivity contribution in [2.75, 3.05) is 12.5 Å². The Morgan fingerprint density at radius 2 is 1.83 bits per heavy atom. The monoisotopic (exact) mass is 344 g/mol. The van der Waals surface area contributed by atoms with E-state index in [0.717, 1.165) is 11.1 Å². The van der Waals surface area contributed by atoms with Crippen LogP contribution in [0.4, 0.5) is 0 Å². The summed E-state index contributed by atoms with van der Waals surface area (Å²) in [6, 6.07) is 13.3. The molecule has 6 nitrogen and oxygen atoms in total. The Morgan fingerprint density at radius 1 is 1.08 bits per heavy atom. The predicted molar refractivity (Wildman–Crippen MR) is 91.9 cm³/mol. The molecule has 1 heterocycles. The van der Waals surface area contributed by atoms with Crippen molar-refractivity contribution in [1.29, 1.82) is 0 Å². The van der Waals surface area contributed by atoms with Gasteiger partial charge in [0.2, 0.25) is 0 Å². The molecule has 7 heteroatoms. The molecule has 0 unspecified atom stereocenters. The van der Waals surface area contributed by atoms with Crippen LogP contribution in [0.5, 0.6) is 11.5 Å². The van der Waals surface area contributed by atoms with Crippen molar-refractivity contribution < 1.29 is 9.47 Å². The molecule has 0 atom stereocenters. The SMILES string of the molecule is COc1cccc(CNn2cnnc2)c1OCc1ccc(Cl)cc1. The van der Waals surface area contributed by atoms with E-state index < -0.39 is 0 Å². The van der Waals surface area contributed by atoms with Crippen molar-refractivity contribution in [2.45, 2.75) is 13.2 Å². The van der Waals surface area contributed by atoms with E-state index in [9.17, 15) is 0 Å². The Balaban J connectivity index is 1.75. The minimum Gasteiger partial charge on any atom is -0.493 e. The van der Waals surface area contributed by atoms with Crippen LogP contribution < -0.4 is 14.9 Å². The Kier molecular flexibility index (Phi) is 5.18. The predicted octanol–water partition coefficient (Wildman–Crippen LogP) is 3.26. The normalized spacial score (nSPS) is 10.4. The lowest BCUT2D eigenvalue weighted by molar-refractivity contribution is 0.281. The van der Waals surface area contributed by atoms with E-state index in [-0.39, 0.29) is 0 Å². The molecule has 1 aromatic heterocycles. The van der Waals surface area contributed by atoms with Gasteiger partial charge in [0.15, 0.2) is 11.5 Å². The molecule has 0 saturated carbocycles. The number of nitrogens with one attached hydrogen (secondary N) is 1. The van der Waals surface area contributed by atoms with Gasteiger partial charge in [0.05, 0.1) is 13.7 Å². The van der Waals surface area contributed by atoms with Gasteiger partial charge in [-0.25, -0.2) is 4.68 Å². The van der Waals surface area contributed by atoms with Gasteiger partial charge < -0.3 is 14.9 Å². The lowest BCUT2D eigenvalue weighted by atomic mass is 10.2. The van der Waals surface area contributed by atoms with Gasteiger partial charge >= 0.3 is 0 Å². The molecule has 0 aliphatic heterocycles. The summed E-state index contributed by atoms with van der Waals surface area (Å²) in [5.74, 6) is 1.39. The fourth-order valence-electron chi connectivity index (χ4n) is 2.22. The number of hydrogen-bond acceptors (Lipinski definition) is 5. The molecule has 24 heavy (non-hydrogen) atoms. The summed E-state index contributed by atoms with van der Waals surface area (Å²) in [6.07, 6.45) is 3.18. The van der Waals surface area contributed by atoms with Crippen LogP contribution in [0.3, 0.4) is 0 Å². The summed E-state index contributed by atoms with van der Waals surface area (Å²) in [4.78, 5) is 0. The molecule has 0 radical (unpaired) electrons. The molecule has 0 aliphatic carbocycles. The van der Waals surface area contributed by atoms with Crippen molar-refractivity contribution in [3.8, 4) is 11.5 Å². The second-order valence-corrected chi connectivity index (χ2v) is 5.50. The second-order valence-electron chi connectivity index (χ2n) is 5.07. The van der Waals surface area contributed by atoms with Gasteiger partial charge in [0, 0.05) is 10.6 Å². The maximum Gasteiger partial charge on any atom is 0.166 e. The van der Waals surface area contributed by atoms with Gasteiger partial charge in [-0.05, 0) is 23.8 Å². The summed E-state index contributed by atoms with van der Waals surface area (Å²) < 4.78 is 13.1. The molecule has 0 fully saturated rings. The highest BCUT2D eigenvalue weighted by atomic mass is 35.5. The molecular formula is C17H17ClN4O2. The van der Waals surface area contributed by atoms with E-state index >= 15 is 0 Å².